The van der Waals surface area contributed by atoms with E-state index >= 15 is 0 Å². The molecule has 1 saturated heterocycles. The highest BCUT2D eigenvalue weighted by Gasteiger charge is 2.51. The fraction of sp³-hybridized carbons (Fsp3) is 0.400. The number of methoxy groups -OCH3 is 1. The SMILES string of the molecule is COc1ccc(-c2nc(COc3ccc(C[C@H]4[C@@H](CN(CC(C)C)S(=O)(=O)c5ccc6c(c5)OCO6)OC(C)(C)N4C(=O)O)cc3)no2)cc1. The van der Waals surface area contributed by atoms with E-state index in [1.807, 2.05) is 38.1 Å². The van der Waals surface area contributed by atoms with Gasteiger partial charge in [0, 0.05) is 24.7 Å². The zero-order valence-corrected chi connectivity index (χ0v) is 29.3. The molecule has 3 heterocycles. The Kier molecular flexibility index (Phi) is 9.91. The van der Waals surface area contributed by atoms with Crippen molar-refractivity contribution in [3.63, 3.8) is 0 Å². The van der Waals surface area contributed by atoms with Crippen LogP contribution in [0.3, 0.4) is 0 Å². The fourth-order valence-electron chi connectivity index (χ4n) is 6.16. The van der Waals surface area contributed by atoms with Crippen LogP contribution in [0.1, 0.15) is 39.1 Å². The third kappa shape index (κ3) is 7.49. The predicted octanol–water partition coefficient (Wildman–Crippen LogP) is 5.43. The van der Waals surface area contributed by atoms with Gasteiger partial charge in [0.2, 0.25) is 22.6 Å². The molecule has 0 radical (unpaired) electrons. The summed E-state index contributed by atoms with van der Waals surface area (Å²) in [7, 11) is -2.42. The second kappa shape index (κ2) is 14.2. The summed E-state index contributed by atoms with van der Waals surface area (Å²) in [5.74, 6) is 2.81. The molecule has 2 atom stereocenters. The van der Waals surface area contributed by atoms with Gasteiger partial charge in [-0.25, -0.2) is 13.2 Å². The molecule has 0 saturated carbocycles. The highest BCUT2D eigenvalue weighted by molar-refractivity contribution is 7.89. The predicted molar refractivity (Wildman–Crippen MR) is 180 cm³/mol. The van der Waals surface area contributed by atoms with Crippen molar-refractivity contribution in [3.05, 3.63) is 78.1 Å². The quantitative estimate of drug-likeness (QED) is 0.188. The minimum Gasteiger partial charge on any atom is -0.497 e. The van der Waals surface area contributed by atoms with Crippen molar-refractivity contribution in [2.75, 3.05) is 27.0 Å². The molecule has 0 spiro atoms. The molecule has 2 aliphatic heterocycles. The number of rotatable bonds is 13. The lowest BCUT2D eigenvalue weighted by Gasteiger charge is -2.31. The van der Waals surface area contributed by atoms with E-state index in [9.17, 15) is 18.3 Å². The first-order valence-corrected chi connectivity index (χ1v) is 17.6. The van der Waals surface area contributed by atoms with Gasteiger partial charge in [0.15, 0.2) is 18.1 Å². The van der Waals surface area contributed by atoms with Crippen LogP contribution in [-0.2, 0) is 27.8 Å². The van der Waals surface area contributed by atoms with Crippen LogP contribution < -0.4 is 18.9 Å². The molecule has 50 heavy (non-hydrogen) atoms. The van der Waals surface area contributed by atoms with Gasteiger partial charge in [-0.3, -0.25) is 4.90 Å². The Balaban J connectivity index is 1.16. The minimum absolute atomic E-state index is 0.0174. The number of amides is 1. The van der Waals surface area contributed by atoms with Gasteiger partial charge in [-0.2, -0.15) is 9.29 Å². The van der Waals surface area contributed by atoms with Gasteiger partial charge in [0.1, 0.15) is 17.2 Å². The van der Waals surface area contributed by atoms with Crippen molar-refractivity contribution < 1.29 is 46.5 Å². The van der Waals surface area contributed by atoms with Crippen LogP contribution in [0.4, 0.5) is 4.79 Å². The Labute approximate surface area is 290 Å². The average Bonchev–Trinajstić information content (AvgIpc) is 3.81. The van der Waals surface area contributed by atoms with Crippen LogP contribution in [0, 0.1) is 5.92 Å². The molecule has 2 aliphatic rings. The number of nitrogens with zero attached hydrogens (tertiary/aromatic N) is 4. The second-order valence-electron chi connectivity index (χ2n) is 12.9. The van der Waals surface area contributed by atoms with Gasteiger partial charge in [-0.05, 0) is 80.3 Å². The van der Waals surface area contributed by atoms with Gasteiger partial charge in [-0.1, -0.05) is 31.1 Å². The number of aromatic nitrogens is 2. The summed E-state index contributed by atoms with van der Waals surface area (Å²) < 4.78 is 62.9. The maximum Gasteiger partial charge on any atom is 0.409 e. The summed E-state index contributed by atoms with van der Waals surface area (Å²) in [6, 6.07) is 18.3. The van der Waals surface area contributed by atoms with E-state index in [0.717, 1.165) is 11.1 Å². The Morgan fingerprint density at radius 2 is 1.74 bits per heavy atom. The molecule has 4 aromatic rings. The third-order valence-electron chi connectivity index (χ3n) is 8.46. The number of fused-ring (bicyclic) bond motifs is 1. The van der Waals surface area contributed by atoms with Gasteiger partial charge in [0.05, 0.1) is 24.2 Å². The Morgan fingerprint density at radius 3 is 2.42 bits per heavy atom. The number of benzene rings is 3. The molecule has 1 fully saturated rings. The molecule has 6 rings (SSSR count). The van der Waals surface area contributed by atoms with Crippen molar-refractivity contribution in [3.8, 4) is 34.5 Å². The number of hydrogen-bond donors (Lipinski definition) is 1. The van der Waals surface area contributed by atoms with E-state index in [1.54, 1.807) is 51.3 Å². The van der Waals surface area contributed by atoms with Crippen molar-refractivity contribution in [2.45, 2.75) is 63.5 Å². The normalized spacial score (nSPS) is 18.2. The lowest BCUT2D eigenvalue weighted by Crippen LogP contribution is -2.50. The van der Waals surface area contributed by atoms with E-state index in [1.165, 1.54) is 21.3 Å². The maximum absolute atomic E-state index is 14.0. The highest BCUT2D eigenvalue weighted by Crippen LogP contribution is 2.38. The molecule has 266 valence electrons. The van der Waals surface area contributed by atoms with Crippen LogP contribution in [0.25, 0.3) is 11.5 Å². The van der Waals surface area contributed by atoms with E-state index < -0.39 is 34.0 Å². The van der Waals surface area contributed by atoms with Gasteiger partial charge in [-0.15, -0.1) is 0 Å². The third-order valence-corrected chi connectivity index (χ3v) is 10.3. The molecule has 1 aromatic heterocycles. The average molecular weight is 709 g/mol. The molecule has 3 aromatic carbocycles. The van der Waals surface area contributed by atoms with Gasteiger partial charge >= 0.3 is 6.09 Å². The van der Waals surface area contributed by atoms with E-state index in [-0.39, 0.29) is 43.7 Å². The highest BCUT2D eigenvalue weighted by atomic mass is 32.2. The summed E-state index contributed by atoms with van der Waals surface area (Å²) >= 11 is 0. The summed E-state index contributed by atoms with van der Waals surface area (Å²) in [5.41, 5.74) is 0.362. The van der Waals surface area contributed by atoms with Crippen LogP contribution in [0.2, 0.25) is 0 Å². The van der Waals surface area contributed by atoms with Crippen LogP contribution in [0.5, 0.6) is 23.0 Å². The topological polar surface area (TPSA) is 163 Å². The van der Waals surface area contributed by atoms with Crippen LogP contribution >= 0.6 is 0 Å². The maximum atomic E-state index is 14.0. The monoisotopic (exact) mass is 708 g/mol. The number of sulfonamides is 1. The Morgan fingerprint density at radius 1 is 1.04 bits per heavy atom. The Hall–Kier alpha value is -4.86. The Bertz CT molecular complexity index is 1910. The number of carboxylic acid groups (broad SMARTS) is 1. The fourth-order valence-corrected chi connectivity index (χ4v) is 7.80. The van der Waals surface area contributed by atoms with Crippen molar-refractivity contribution in [1.29, 1.82) is 0 Å². The standard InChI is InChI=1S/C35H40N4O10S/c1-22(2)18-38(50(42,43)27-14-15-29-30(17-27)47-21-46-29)19-31-28(39(34(40)41)35(3,4)48-31)16-23-6-10-26(11-7-23)45-20-32-36-33(49-37-32)24-8-12-25(44-5)13-9-24/h6-15,17,22,28,31H,16,18-21H2,1-5H3,(H,40,41)/t28-,31+/m0/s1. The van der Waals surface area contributed by atoms with E-state index in [2.05, 4.69) is 10.1 Å². The van der Waals surface area contributed by atoms with Crippen molar-refractivity contribution >= 4 is 16.1 Å². The lowest BCUT2D eigenvalue weighted by molar-refractivity contribution is -0.0691. The largest absolute Gasteiger partial charge is 0.497 e. The summed E-state index contributed by atoms with van der Waals surface area (Å²) in [4.78, 5) is 18.3. The molecular formula is C35H40N4O10S. The molecule has 14 nitrogen and oxygen atoms in total. The second-order valence-corrected chi connectivity index (χ2v) is 14.9. The van der Waals surface area contributed by atoms with Crippen molar-refractivity contribution in [2.24, 2.45) is 5.92 Å². The number of ether oxygens (including phenoxy) is 5. The van der Waals surface area contributed by atoms with E-state index in [0.29, 0.717) is 34.7 Å². The van der Waals surface area contributed by atoms with E-state index in [4.69, 9.17) is 28.2 Å². The molecule has 1 N–H and O–H groups in total. The zero-order chi connectivity index (χ0) is 35.6. The summed E-state index contributed by atoms with van der Waals surface area (Å²) in [5, 5.41) is 14.3. The van der Waals surface area contributed by atoms with Crippen LogP contribution in [0.15, 0.2) is 76.1 Å². The van der Waals surface area contributed by atoms with Crippen molar-refractivity contribution in [1.82, 2.24) is 19.3 Å². The zero-order valence-electron chi connectivity index (χ0n) is 28.4. The lowest BCUT2D eigenvalue weighted by atomic mass is 10.00. The van der Waals surface area contributed by atoms with Gasteiger partial charge < -0.3 is 33.3 Å². The molecule has 1 amide bonds. The molecule has 15 heteroatoms. The first-order valence-electron chi connectivity index (χ1n) is 16.1. The number of hydrogen-bond acceptors (Lipinski definition) is 11. The van der Waals surface area contributed by atoms with Crippen LogP contribution in [-0.4, -0.2) is 83.8 Å². The molecule has 0 unspecified atom stereocenters. The summed E-state index contributed by atoms with van der Waals surface area (Å²) in [6.07, 6.45) is -1.65. The molecular weight excluding hydrogens is 668 g/mol. The smallest absolute Gasteiger partial charge is 0.409 e. The molecule has 0 bridgehead atoms. The summed E-state index contributed by atoms with van der Waals surface area (Å²) in [6.45, 7) is 7.41. The van der Waals surface area contributed by atoms with Gasteiger partial charge in [0.25, 0.3) is 5.89 Å². The minimum atomic E-state index is -4.02. The number of carbonyl (C=O) groups is 1. The molecule has 0 aliphatic carbocycles. The first kappa shape index (κ1) is 35.0. The first-order chi connectivity index (χ1) is 23.8.